The van der Waals surface area contributed by atoms with Gasteiger partial charge < -0.3 is 5.11 Å². The molecular formula is C12H10N4O3. The van der Waals surface area contributed by atoms with Crippen LogP contribution in [0.5, 0.6) is 0 Å². The van der Waals surface area contributed by atoms with E-state index >= 15 is 0 Å². The lowest BCUT2D eigenvalue weighted by Gasteiger charge is -2.07. The number of carboxylic acids is 1. The van der Waals surface area contributed by atoms with Crippen LogP contribution >= 0.6 is 0 Å². The zero-order chi connectivity index (χ0) is 13.7. The summed E-state index contributed by atoms with van der Waals surface area (Å²) in [5, 5.41) is 9.12. The van der Waals surface area contributed by atoms with E-state index in [1.807, 2.05) is 18.2 Å². The number of hydrogen-bond acceptors (Lipinski definition) is 5. The van der Waals surface area contributed by atoms with E-state index in [2.05, 4.69) is 20.8 Å². The van der Waals surface area contributed by atoms with E-state index < -0.39 is 11.9 Å². The molecule has 1 heterocycles. The standard InChI is InChI=1S/C12H10N4O3/c17-10(5-6-11(18)19)15-16-12-8-3-1-2-4-9(8)13-7-14-12/h1-7H,(H,15,17)(H,18,19)(H,13,14,16). The molecular weight excluding hydrogens is 248 g/mol. The van der Waals surface area contributed by atoms with Gasteiger partial charge in [-0.05, 0) is 12.1 Å². The molecule has 2 rings (SSSR count). The van der Waals surface area contributed by atoms with Crippen molar-refractivity contribution < 1.29 is 14.7 Å². The van der Waals surface area contributed by atoms with Gasteiger partial charge in [-0.1, -0.05) is 12.1 Å². The number of para-hydroxylation sites is 1. The monoisotopic (exact) mass is 258 g/mol. The van der Waals surface area contributed by atoms with Gasteiger partial charge in [-0.25, -0.2) is 14.8 Å². The highest BCUT2D eigenvalue weighted by Gasteiger charge is 2.03. The quantitative estimate of drug-likeness (QED) is 0.551. The number of hydrogen-bond donors (Lipinski definition) is 3. The number of carboxylic acid groups (broad SMARTS) is 1. The van der Waals surface area contributed by atoms with Gasteiger partial charge in [0.2, 0.25) is 0 Å². The maximum absolute atomic E-state index is 11.3. The number of hydrazine groups is 1. The molecule has 0 radical (unpaired) electrons. The van der Waals surface area contributed by atoms with E-state index in [1.54, 1.807) is 6.07 Å². The molecule has 0 atom stereocenters. The Bertz CT molecular complexity index is 649. The van der Waals surface area contributed by atoms with Crippen molar-refractivity contribution in [1.82, 2.24) is 15.4 Å². The van der Waals surface area contributed by atoms with Crippen LogP contribution in [0.25, 0.3) is 10.9 Å². The molecule has 0 aliphatic rings. The number of aliphatic carboxylic acids is 1. The average molecular weight is 258 g/mol. The largest absolute Gasteiger partial charge is 0.478 e. The molecule has 0 saturated carbocycles. The first kappa shape index (κ1) is 12.5. The van der Waals surface area contributed by atoms with Gasteiger partial charge in [0.15, 0.2) is 5.82 Å². The van der Waals surface area contributed by atoms with Crippen molar-refractivity contribution in [2.75, 3.05) is 5.43 Å². The Morgan fingerprint density at radius 1 is 1.16 bits per heavy atom. The molecule has 0 spiro atoms. The van der Waals surface area contributed by atoms with Crippen molar-refractivity contribution in [2.24, 2.45) is 0 Å². The number of nitrogens with one attached hydrogen (secondary N) is 2. The average Bonchev–Trinajstić information content (AvgIpc) is 2.42. The topological polar surface area (TPSA) is 104 Å². The summed E-state index contributed by atoms with van der Waals surface area (Å²) in [5.74, 6) is -1.35. The summed E-state index contributed by atoms with van der Waals surface area (Å²) >= 11 is 0. The third-order valence-corrected chi connectivity index (χ3v) is 2.22. The predicted molar refractivity (Wildman–Crippen MR) is 68.1 cm³/mol. The number of carbonyl (C=O) groups is 2. The van der Waals surface area contributed by atoms with Gasteiger partial charge in [0.1, 0.15) is 6.33 Å². The summed E-state index contributed by atoms with van der Waals surface area (Å²) in [6.45, 7) is 0. The highest BCUT2D eigenvalue weighted by Crippen LogP contribution is 2.17. The predicted octanol–water partition coefficient (Wildman–Crippen LogP) is 0.714. The lowest BCUT2D eigenvalue weighted by atomic mass is 10.2. The zero-order valence-electron chi connectivity index (χ0n) is 9.70. The second-order valence-corrected chi connectivity index (χ2v) is 3.53. The number of anilines is 1. The van der Waals surface area contributed by atoms with Crippen molar-refractivity contribution in [3.8, 4) is 0 Å². The SMILES string of the molecule is O=C(O)C=CC(=O)NNc1ncnc2ccccc12. The van der Waals surface area contributed by atoms with Crippen LogP contribution < -0.4 is 10.9 Å². The number of nitrogens with zero attached hydrogens (tertiary/aromatic N) is 2. The van der Waals surface area contributed by atoms with Gasteiger partial charge in [-0.15, -0.1) is 0 Å². The maximum atomic E-state index is 11.3. The van der Waals surface area contributed by atoms with Crippen molar-refractivity contribution in [1.29, 1.82) is 0 Å². The number of benzene rings is 1. The Labute approximate surface area is 108 Å². The first-order valence-corrected chi connectivity index (χ1v) is 5.33. The minimum atomic E-state index is -1.19. The fourth-order valence-electron chi connectivity index (χ4n) is 1.41. The van der Waals surface area contributed by atoms with Crippen LogP contribution in [0, 0.1) is 0 Å². The molecule has 1 aromatic heterocycles. The highest BCUT2D eigenvalue weighted by atomic mass is 16.4. The van der Waals surface area contributed by atoms with Crippen LogP contribution in [-0.2, 0) is 9.59 Å². The summed E-state index contributed by atoms with van der Waals surface area (Å²) in [7, 11) is 0. The van der Waals surface area contributed by atoms with Crippen molar-refractivity contribution in [3.05, 3.63) is 42.7 Å². The highest BCUT2D eigenvalue weighted by molar-refractivity contribution is 5.95. The Morgan fingerprint density at radius 3 is 2.74 bits per heavy atom. The maximum Gasteiger partial charge on any atom is 0.328 e. The van der Waals surface area contributed by atoms with E-state index in [9.17, 15) is 9.59 Å². The zero-order valence-corrected chi connectivity index (χ0v) is 9.70. The lowest BCUT2D eigenvalue weighted by molar-refractivity contribution is -0.131. The molecule has 19 heavy (non-hydrogen) atoms. The smallest absolute Gasteiger partial charge is 0.328 e. The summed E-state index contributed by atoms with van der Waals surface area (Å²) in [6.07, 6.45) is 3.01. The number of rotatable bonds is 4. The third-order valence-electron chi connectivity index (χ3n) is 2.22. The van der Waals surface area contributed by atoms with E-state index in [0.29, 0.717) is 5.82 Å². The van der Waals surface area contributed by atoms with E-state index in [1.165, 1.54) is 6.33 Å². The molecule has 0 bridgehead atoms. The Balaban J connectivity index is 2.10. The van der Waals surface area contributed by atoms with Gasteiger partial charge in [0.25, 0.3) is 5.91 Å². The first-order valence-electron chi connectivity index (χ1n) is 5.33. The summed E-state index contributed by atoms with van der Waals surface area (Å²) in [5.41, 5.74) is 5.67. The molecule has 1 aromatic carbocycles. The molecule has 7 heteroatoms. The van der Waals surface area contributed by atoms with E-state index in [-0.39, 0.29) is 0 Å². The minimum absolute atomic E-state index is 0.433. The van der Waals surface area contributed by atoms with Gasteiger partial charge >= 0.3 is 5.97 Å². The minimum Gasteiger partial charge on any atom is -0.478 e. The van der Waals surface area contributed by atoms with Gasteiger partial charge in [-0.2, -0.15) is 0 Å². The molecule has 0 aliphatic carbocycles. The van der Waals surface area contributed by atoms with Crippen LogP contribution in [0.3, 0.4) is 0 Å². The molecule has 7 nitrogen and oxygen atoms in total. The Morgan fingerprint density at radius 2 is 1.95 bits per heavy atom. The van der Waals surface area contributed by atoms with Crippen LogP contribution in [0.4, 0.5) is 5.82 Å². The molecule has 0 unspecified atom stereocenters. The number of carbonyl (C=O) groups excluding carboxylic acids is 1. The number of amides is 1. The molecule has 0 saturated heterocycles. The lowest BCUT2D eigenvalue weighted by Crippen LogP contribution is -2.28. The first-order chi connectivity index (χ1) is 9.16. The molecule has 1 amide bonds. The molecule has 2 aromatic rings. The van der Waals surface area contributed by atoms with Crippen LogP contribution in [0.1, 0.15) is 0 Å². The fourth-order valence-corrected chi connectivity index (χ4v) is 1.41. The van der Waals surface area contributed by atoms with E-state index in [4.69, 9.17) is 5.11 Å². The van der Waals surface area contributed by atoms with Crippen molar-refractivity contribution >= 4 is 28.6 Å². The molecule has 0 fully saturated rings. The summed E-state index contributed by atoms with van der Waals surface area (Å²) < 4.78 is 0. The van der Waals surface area contributed by atoms with Gasteiger partial charge in [0.05, 0.1) is 5.52 Å². The van der Waals surface area contributed by atoms with Crippen LogP contribution in [-0.4, -0.2) is 27.0 Å². The Kier molecular flexibility index (Phi) is 3.67. The molecule has 3 N–H and O–H groups in total. The van der Waals surface area contributed by atoms with E-state index in [0.717, 1.165) is 23.1 Å². The summed E-state index contributed by atoms with van der Waals surface area (Å²) in [6, 6.07) is 7.28. The number of fused-ring (bicyclic) bond motifs is 1. The summed E-state index contributed by atoms with van der Waals surface area (Å²) in [4.78, 5) is 29.6. The van der Waals surface area contributed by atoms with Crippen molar-refractivity contribution in [3.63, 3.8) is 0 Å². The van der Waals surface area contributed by atoms with Gasteiger partial charge in [0, 0.05) is 17.5 Å². The Hall–Kier alpha value is -2.96. The second kappa shape index (κ2) is 5.58. The molecule has 0 aliphatic heterocycles. The van der Waals surface area contributed by atoms with Crippen molar-refractivity contribution in [2.45, 2.75) is 0 Å². The second-order valence-electron chi connectivity index (χ2n) is 3.53. The normalized spacial score (nSPS) is 10.5. The fraction of sp³-hybridized carbons (Fsp3) is 0. The van der Waals surface area contributed by atoms with Crippen LogP contribution in [0.15, 0.2) is 42.7 Å². The van der Waals surface area contributed by atoms with Crippen LogP contribution in [0.2, 0.25) is 0 Å². The molecule has 96 valence electrons. The number of aromatic nitrogens is 2. The van der Waals surface area contributed by atoms with Gasteiger partial charge in [-0.3, -0.25) is 15.6 Å². The third kappa shape index (κ3) is 3.25.